The highest BCUT2D eigenvalue weighted by Crippen LogP contribution is 2.30. The molecular formula is C18H18N2O2S. The fourth-order valence-electron chi connectivity index (χ4n) is 3.23. The molecular weight excluding hydrogens is 308 g/mol. The van der Waals surface area contributed by atoms with Gasteiger partial charge in [0, 0.05) is 28.0 Å². The molecule has 0 fully saturated rings. The van der Waals surface area contributed by atoms with Gasteiger partial charge in [-0.2, -0.15) is 0 Å². The number of methoxy groups -OCH3 is 1. The van der Waals surface area contributed by atoms with Gasteiger partial charge in [0.15, 0.2) is 0 Å². The van der Waals surface area contributed by atoms with E-state index in [9.17, 15) is 4.79 Å². The number of H-pyrrole nitrogens is 1. The van der Waals surface area contributed by atoms with Gasteiger partial charge in [-0.1, -0.05) is 6.07 Å². The van der Waals surface area contributed by atoms with Crippen LogP contribution in [0.5, 0.6) is 5.75 Å². The maximum atomic E-state index is 12.5. The Morgan fingerprint density at radius 3 is 3.09 bits per heavy atom. The fourth-order valence-corrected chi connectivity index (χ4v) is 3.93. The highest BCUT2D eigenvalue weighted by Gasteiger charge is 2.24. The number of aromatic amines is 1. The molecule has 1 aliphatic rings. The van der Waals surface area contributed by atoms with Gasteiger partial charge < -0.3 is 14.6 Å². The summed E-state index contributed by atoms with van der Waals surface area (Å²) in [5.41, 5.74) is 3.58. The molecule has 1 aromatic carbocycles. The van der Waals surface area contributed by atoms with E-state index in [1.807, 2.05) is 34.5 Å². The number of nitrogens with one attached hydrogen (secondary N) is 1. The molecule has 2 aromatic heterocycles. The second-order valence-corrected chi connectivity index (χ2v) is 6.85. The van der Waals surface area contributed by atoms with E-state index in [1.165, 1.54) is 10.9 Å². The van der Waals surface area contributed by atoms with Gasteiger partial charge in [-0.15, -0.1) is 11.3 Å². The molecule has 1 aliphatic heterocycles. The summed E-state index contributed by atoms with van der Waals surface area (Å²) in [6.07, 6.45) is 1.39. The number of thiophene rings is 1. The first-order valence-electron chi connectivity index (χ1n) is 7.72. The first-order valence-corrected chi connectivity index (χ1v) is 8.60. The van der Waals surface area contributed by atoms with Crippen molar-refractivity contribution >= 4 is 28.1 Å². The largest absolute Gasteiger partial charge is 0.497 e. The zero-order valence-corrected chi connectivity index (χ0v) is 13.8. The van der Waals surface area contributed by atoms with Crippen molar-refractivity contribution in [3.05, 3.63) is 51.8 Å². The number of hydrogen-bond donors (Lipinski definition) is 1. The van der Waals surface area contributed by atoms with E-state index < -0.39 is 0 Å². The Balaban J connectivity index is 1.58. The molecule has 0 radical (unpaired) electrons. The predicted octanol–water partition coefficient (Wildman–Crippen LogP) is 3.37. The van der Waals surface area contributed by atoms with Crippen molar-refractivity contribution in [3.63, 3.8) is 0 Å². The second-order valence-electron chi connectivity index (χ2n) is 5.82. The second kappa shape index (κ2) is 5.74. The number of benzene rings is 1. The molecule has 3 aromatic rings. The molecule has 118 valence electrons. The van der Waals surface area contributed by atoms with Crippen LogP contribution in [-0.2, 0) is 24.2 Å². The molecule has 0 aliphatic carbocycles. The van der Waals surface area contributed by atoms with Gasteiger partial charge in [-0.05, 0) is 41.6 Å². The number of carbonyl (C=O) groups excluding carboxylic acids is 1. The van der Waals surface area contributed by atoms with Crippen LogP contribution in [0.1, 0.15) is 16.1 Å². The van der Waals surface area contributed by atoms with Crippen LogP contribution in [0.4, 0.5) is 0 Å². The van der Waals surface area contributed by atoms with Gasteiger partial charge in [0.1, 0.15) is 5.75 Å². The van der Waals surface area contributed by atoms with Gasteiger partial charge >= 0.3 is 0 Å². The predicted molar refractivity (Wildman–Crippen MR) is 92.0 cm³/mol. The van der Waals surface area contributed by atoms with E-state index in [4.69, 9.17) is 4.74 Å². The Bertz CT molecular complexity index is 851. The number of aromatic nitrogens is 1. The van der Waals surface area contributed by atoms with Crippen LogP contribution in [-0.4, -0.2) is 29.4 Å². The summed E-state index contributed by atoms with van der Waals surface area (Å²) in [5, 5.41) is 3.23. The van der Waals surface area contributed by atoms with Crippen LogP contribution < -0.4 is 4.74 Å². The van der Waals surface area contributed by atoms with Crippen molar-refractivity contribution in [1.82, 2.24) is 9.88 Å². The molecule has 5 heteroatoms. The van der Waals surface area contributed by atoms with Crippen molar-refractivity contribution in [2.75, 3.05) is 13.7 Å². The lowest BCUT2D eigenvalue weighted by Crippen LogP contribution is -2.36. The highest BCUT2D eigenvalue weighted by molar-refractivity contribution is 7.10. The minimum absolute atomic E-state index is 0.203. The summed E-state index contributed by atoms with van der Waals surface area (Å²) in [4.78, 5) is 19.0. The summed E-state index contributed by atoms with van der Waals surface area (Å²) in [5.74, 6) is 1.07. The lowest BCUT2D eigenvalue weighted by molar-refractivity contribution is -0.131. The minimum Gasteiger partial charge on any atom is -0.497 e. The fraction of sp³-hybridized carbons (Fsp3) is 0.278. The summed E-state index contributed by atoms with van der Waals surface area (Å²) in [6.45, 7) is 1.44. The first kappa shape index (κ1) is 14.3. The van der Waals surface area contributed by atoms with Crippen molar-refractivity contribution in [3.8, 4) is 5.75 Å². The van der Waals surface area contributed by atoms with Crippen LogP contribution in [0.15, 0.2) is 35.7 Å². The Morgan fingerprint density at radius 2 is 2.30 bits per heavy atom. The smallest absolute Gasteiger partial charge is 0.228 e. The molecule has 4 nitrogen and oxygen atoms in total. The third kappa shape index (κ3) is 2.61. The van der Waals surface area contributed by atoms with Crippen molar-refractivity contribution in [2.24, 2.45) is 0 Å². The van der Waals surface area contributed by atoms with E-state index in [2.05, 4.69) is 11.1 Å². The Morgan fingerprint density at radius 1 is 1.39 bits per heavy atom. The number of carbonyl (C=O) groups is 1. The van der Waals surface area contributed by atoms with E-state index in [0.717, 1.165) is 34.8 Å². The van der Waals surface area contributed by atoms with E-state index in [0.29, 0.717) is 13.0 Å². The molecule has 0 atom stereocenters. The van der Waals surface area contributed by atoms with Crippen molar-refractivity contribution in [2.45, 2.75) is 19.4 Å². The molecule has 0 saturated carbocycles. The minimum atomic E-state index is 0.203. The summed E-state index contributed by atoms with van der Waals surface area (Å²) in [6, 6.07) is 10.1. The standard InChI is InChI=1S/C18H18N2O2S/c1-22-12-4-5-16-15(9-12)14-6-7-20(11-17(14)19-16)18(21)10-13-3-2-8-23-13/h2-5,8-9,19H,6-7,10-11H2,1H3. The third-order valence-electron chi connectivity index (χ3n) is 4.44. The maximum Gasteiger partial charge on any atom is 0.228 e. The summed E-state index contributed by atoms with van der Waals surface area (Å²) in [7, 11) is 1.69. The van der Waals surface area contributed by atoms with E-state index in [-0.39, 0.29) is 5.91 Å². The Kier molecular flexibility index (Phi) is 3.58. The van der Waals surface area contributed by atoms with Crippen LogP contribution in [0.25, 0.3) is 10.9 Å². The number of fused-ring (bicyclic) bond motifs is 3. The van der Waals surface area contributed by atoms with Gasteiger partial charge in [-0.3, -0.25) is 4.79 Å². The van der Waals surface area contributed by atoms with Gasteiger partial charge in [0.2, 0.25) is 5.91 Å². The molecule has 3 heterocycles. The number of nitrogens with zero attached hydrogens (tertiary/aromatic N) is 1. The lowest BCUT2D eigenvalue weighted by Gasteiger charge is -2.27. The van der Waals surface area contributed by atoms with Crippen LogP contribution in [0.3, 0.4) is 0 Å². The average molecular weight is 326 g/mol. The number of amides is 1. The van der Waals surface area contributed by atoms with Crippen molar-refractivity contribution < 1.29 is 9.53 Å². The number of rotatable bonds is 3. The van der Waals surface area contributed by atoms with Gasteiger partial charge in [-0.25, -0.2) is 0 Å². The Labute approximate surface area is 138 Å². The third-order valence-corrected chi connectivity index (χ3v) is 5.32. The monoisotopic (exact) mass is 326 g/mol. The lowest BCUT2D eigenvalue weighted by atomic mass is 10.0. The van der Waals surface area contributed by atoms with E-state index in [1.54, 1.807) is 18.4 Å². The Hall–Kier alpha value is -2.27. The zero-order chi connectivity index (χ0) is 15.8. The molecule has 0 bridgehead atoms. The normalized spacial score (nSPS) is 14.0. The molecule has 0 saturated heterocycles. The van der Waals surface area contributed by atoms with Crippen LogP contribution >= 0.6 is 11.3 Å². The van der Waals surface area contributed by atoms with Crippen LogP contribution in [0, 0.1) is 0 Å². The quantitative estimate of drug-likeness (QED) is 0.802. The van der Waals surface area contributed by atoms with Gasteiger partial charge in [0.25, 0.3) is 0 Å². The maximum absolute atomic E-state index is 12.5. The molecule has 1 amide bonds. The first-order chi connectivity index (χ1) is 11.2. The highest BCUT2D eigenvalue weighted by atomic mass is 32.1. The number of ether oxygens (including phenoxy) is 1. The number of hydrogen-bond acceptors (Lipinski definition) is 3. The van der Waals surface area contributed by atoms with Crippen LogP contribution in [0.2, 0.25) is 0 Å². The summed E-state index contributed by atoms with van der Waals surface area (Å²) >= 11 is 1.64. The SMILES string of the molecule is COc1ccc2[nH]c3c(c2c1)CCN(C(=O)Cc1cccs1)C3. The molecule has 0 spiro atoms. The van der Waals surface area contributed by atoms with E-state index >= 15 is 0 Å². The molecule has 23 heavy (non-hydrogen) atoms. The molecule has 4 rings (SSSR count). The molecule has 1 N–H and O–H groups in total. The van der Waals surface area contributed by atoms with Crippen molar-refractivity contribution in [1.29, 1.82) is 0 Å². The average Bonchev–Trinajstić information content (AvgIpc) is 3.20. The topological polar surface area (TPSA) is 45.3 Å². The molecule has 0 unspecified atom stereocenters. The van der Waals surface area contributed by atoms with Gasteiger partial charge in [0.05, 0.1) is 20.1 Å². The summed E-state index contributed by atoms with van der Waals surface area (Å²) < 4.78 is 5.32. The zero-order valence-electron chi connectivity index (χ0n) is 13.0.